The molecule has 0 bridgehead atoms. The van der Waals surface area contributed by atoms with Crippen molar-refractivity contribution in [3.63, 3.8) is 0 Å². The van der Waals surface area contributed by atoms with Crippen LogP contribution >= 0.6 is 23.2 Å². The van der Waals surface area contributed by atoms with Crippen LogP contribution in [0.15, 0.2) is 12.1 Å². The molecular weight excluding hydrogens is 263 g/mol. The van der Waals surface area contributed by atoms with E-state index >= 15 is 0 Å². The van der Waals surface area contributed by atoms with E-state index in [1.54, 1.807) is 19.2 Å². The molecule has 1 amide bonds. The highest BCUT2D eigenvalue weighted by molar-refractivity contribution is 6.36. The van der Waals surface area contributed by atoms with E-state index in [0.717, 1.165) is 0 Å². The Hall–Kier alpha value is -0.970. The first kappa shape index (κ1) is 14.1. The lowest BCUT2D eigenvalue weighted by atomic mass is 10.2. The molecule has 0 aliphatic heterocycles. The number of amides is 1. The molecule has 0 heterocycles. The summed E-state index contributed by atoms with van der Waals surface area (Å²) in [4.78, 5) is 13.1. The molecule has 0 atom stereocenters. The molecule has 0 unspecified atom stereocenters. The van der Waals surface area contributed by atoms with E-state index in [2.05, 4.69) is 0 Å². The number of nitrogens with zero attached hydrogens (tertiary/aromatic N) is 1. The van der Waals surface area contributed by atoms with E-state index in [4.69, 9.17) is 33.7 Å². The van der Waals surface area contributed by atoms with E-state index in [1.165, 1.54) is 12.0 Å². The normalized spacial score (nSPS) is 10.2. The molecule has 6 heteroatoms. The van der Waals surface area contributed by atoms with Crippen LogP contribution in [0.1, 0.15) is 6.42 Å². The zero-order chi connectivity index (χ0) is 13.0. The first-order valence-electron chi connectivity index (χ1n) is 5.01. The molecule has 0 radical (unpaired) electrons. The van der Waals surface area contributed by atoms with Crippen LogP contribution in [0.3, 0.4) is 0 Å². The minimum Gasteiger partial charge on any atom is -0.495 e. The van der Waals surface area contributed by atoms with Crippen LogP contribution in [-0.4, -0.2) is 26.6 Å². The lowest BCUT2D eigenvalue weighted by Gasteiger charge is -2.19. The molecule has 0 aliphatic carbocycles. The summed E-state index contributed by atoms with van der Waals surface area (Å²) in [6.07, 6.45) is 0.260. The summed E-state index contributed by atoms with van der Waals surface area (Å²) >= 11 is 12.0. The molecule has 0 spiro atoms. The predicted octanol–water partition coefficient (Wildman–Crippen LogP) is 2.31. The smallest absolute Gasteiger partial charge is 0.228 e. The van der Waals surface area contributed by atoms with E-state index in [9.17, 15) is 4.79 Å². The Balaban J connectivity index is 3.06. The maximum atomic E-state index is 11.7. The third-order valence-electron chi connectivity index (χ3n) is 2.31. The summed E-state index contributed by atoms with van der Waals surface area (Å²) in [6, 6.07) is 3.17. The number of ether oxygens (including phenoxy) is 1. The highest BCUT2D eigenvalue weighted by Crippen LogP contribution is 2.35. The zero-order valence-electron chi connectivity index (χ0n) is 9.67. The van der Waals surface area contributed by atoms with Gasteiger partial charge in [-0.3, -0.25) is 4.79 Å². The van der Waals surface area contributed by atoms with Crippen LogP contribution in [0, 0.1) is 0 Å². The molecule has 2 N–H and O–H groups in total. The highest BCUT2D eigenvalue weighted by atomic mass is 35.5. The Labute approximate surface area is 110 Å². The van der Waals surface area contributed by atoms with Crippen molar-refractivity contribution < 1.29 is 9.53 Å². The van der Waals surface area contributed by atoms with Crippen molar-refractivity contribution >= 4 is 34.8 Å². The SMILES string of the molecule is COc1cc(Cl)c(N(C)C(=O)CCN)cc1Cl. The van der Waals surface area contributed by atoms with Gasteiger partial charge in [0, 0.05) is 26.1 Å². The average Bonchev–Trinajstić information content (AvgIpc) is 2.31. The van der Waals surface area contributed by atoms with Crippen LogP contribution < -0.4 is 15.4 Å². The van der Waals surface area contributed by atoms with Gasteiger partial charge in [0.15, 0.2) is 0 Å². The molecule has 1 rings (SSSR count). The van der Waals surface area contributed by atoms with Gasteiger partial charge in [-0.15, -0.1) is 0 Å². The van der Waals surface area contributed by atoms with Gasteiger partial charge >= 0.3 is 0 Å². The fourth-order valence-electron chi connectivity index (χ4n) is 1.36. The molecule has 0 saturated heterocycles. The van der Waals surface area contributed by atoms with Crippen LogP contribution in [-0.2, 0) is 4.79 Å². The Morgan fingerprint density at radius 3 is 2.59 bits per heavy atom. The second kappa shape index (κ2) is 6.10. The molecule has 17 heavy (non-hydrogen) atoms. The van der Waals surface area contributed by atoms with Gasteiger partial charge in [-0.1, -0.05) is 23.2 Å². The number of carbonyl (C=O) groups excluding carboxylic acids is 1. The maximum absolute atomic E-state index is 11.7. The number of methoxy groups -OCH3 is 1. The second-order valence-electron chi connectivity index (χ2n) is 3.43. The molecule has 0 saturated carbocycles. The van der Waals surface area contributed by atoms with Gasteiger partial charge in [0.25, 0.3) is 0 Å². The molecule has 94 valence electrons. The molecule has 0 aromatic heterocycles. The van der Waals surface area contributed by atoms with Crippen LogP contribution in [0.2, 0.25) is 10.0 Å². The summed E-state index contributed by atoms with van der Waals surface area (Å²) in [5.41, 5.74) is 5.87. The number of hydrogen-bond acceptors (Lipinski definition) is 3. The minimum atomic E-state index is -0.115. The monoisotopic (exact) mass is 276 g/mol. The summed E-state index contributed by atoms with van der Waals surface area (Å²) in [5, 5.41) is 0.804. The largest absolute Gasteiger partial charge is 0.495 e. The number of hydrogen-bond donors (Lipinski definition) is 1. The fourth-order valence-corrected chi connectivity index (χ4v) is 1.87. The van der Waals surface area contributed by atoms with Gasteiger partial charge in [0.2, 0.25) is 5.91 Å². The number of anilines is 1. The first-order chi connectivity index (χ1) is 8.01. The number of halogens is 2. The highest BCUT2D eigenvalue weighted by Gasteiger charge is 2.15. The second-order valence-corrected chi connectivity index (χ2v) is 4.24. The van der Waals surface area contributed by atoms with Crippen LogP contribution in [0.5, 0.6) is 5.75 Å². The molecular formula is C11H14Cl2N2O2. The number of benzene rings is 1. The number of carbonyl (C=O) groups is 1. The molecule has 1 aromatic carbocycles. The molecule has 0 fully saturated rings. The third kappa shape index (κ3) is 3.25. The van der Waals surface area contributed by atoms with Crippen molar-refractivity contribution in [3.05, 3.63) is 22.2 Å². The quantitative estimate of drug-likeness (QED) is 0.918. The summed E-state index contributed by atoms with van der Waals surface area (Å²) in [7, 11) is 3.13. The van der Waals surface area contributed by atoms with Gasteiger partial charge < -0.3 is 15.4 Å². The van der Waals surface area contributed by atoms with Gasteiger partial charge in [-0.25, -0.2) is 0 Å². The number of rotatable bonds is 4. The van der Waals surface area contributed by atoms with E-state index < -0.39 is 0 Å². The summed E-state index contributed by atoms with van der Waals surface area (Å²) in [5.74, 6) is 0.357. The average molecular weight is 277 g/mol. The maximum Gasteiger partial charge on any atom is 0.228 e. The topological polar surface area (TPSA) is 55.6 Å². The molecule has 0 aliphatic rings. The summed E-state index contributed by atoms with van der Waals surface area (Å²) < 4.78 is 5.03. The predicted molar refractivity (Wildman–Crippen MR) is 70.1 cm³/mol. The van der Waals surface area contributed by atoms with Crippen molar-refractivity contribution in [2.24, 2.45) is 5.73 Å². The summed E-state index contributed by atoms with van der Waals surface area (Å²) in [6.45, 7) is 0.296. The third-order valence-corrected chi connectivity index (χ3v) is 2.91. The van der Waals surface area contributed by atoms with Gasteiger partial charge in [0.05, 0.1) is 22.8 Å². The Kier molecular flexibility index (Phi) is 5.05. The minimum absolute atomic E-state index is 0.115. The zero-order valence-corrected chi connectivity index (χ0v) is 11.2. The van der Waals surface area contributed by atoms with Crippen molar-refractivity contribution in [3.8, 4) is 5.75 Å². The Bertz CT molecular complexity index is 424. The lowest BCUT2D eigenvalue weighted by molar-refractivity contribution is -0.118. The van der Waals surface area contributed by atoms with E-state index in [0.29, 0.717) is 28.0 Å². The molecule has 4 nitrogen and oxygen atoms in total. The van der Waals surface area contributed by atoms with E-state index in [1.807, 2.05) is 0 Å². The molecule has 1 aromatic rings. The Morgan fingerprint density at radius 2 is 2.06 bits per heavy atom. The first-order valence-corrected chi connectivity index (χ1v) is 5.76. The van der Waals surface area contributed by atoms with Crippen molar-refractivity contribution in [2.75, 3.05) is 25.6 Å². The lowest BCUT2D eigenvalue weighted by Crippen LogP contribution is -2.28. The van der Waals surface area contributed by atoms with Gasteiger partial charge in [0.1, 0.15) is 5.75 Å². The van der Waals surface area contributed by atoms with Crippen LogP contribution in [0.4, 0.5) is 5.69 Å². The van der Waals surface area contributed by atoms with Crippen molar-refractivity contribution in [1.82, 2.24) is 0 Å². The standard InChI is InChI=1S/C11H14Cl2N2O2/c1-15(11(16)3-4-14)9-5-8(13)10(17-2)6-7(9)12/h5-6H,3-4,14H2,1-2H3. The van der Waals surface area contributed by atoms with E-state index in [-0.39, 0.29) is 12.3 Å². The Morgan fingerprint density at radius 1 is 1.41 bits per heavy atom. The van der Waals surface area contributed by atoms with Gasteiger partial charge in [-0.05, 0) is 6.07 Å². The van der Waals surface area contributed by atoms with Crippen molar-refractivity contribution in [2.45, 2.75) is 6.42 Å². The van der Waals surface area contributed by atoms with Crippen molar-refractivity contribution in [1.29, 1.82) is 0 Å². The fraction of sp³-hybridized carbons (Fsp3) is 0.364. The number of nitrogens with two attached hydrogens (primary N) is 1. The van der Waals surface area contributed by atoms with Crippen LogP contribution in [0.25, 0.3) is 0 Å². The van der Waals surface area contributed by atoms with Gasteiger partial charge in [-0.2, -0.15) is 0 Å².